The Morgan fingerprint density at radius 1 is 1.19 bits per heavy atom. The molecule has 0 aliphatic carbocycles. The molecular weight excluding hydrogens is 333 g/mol. The first kappa shape index (κ1) is 16.0. The molecule has 0 aliphatic heterocycles. The zero-order valence-corrected chi connectivity index (χ0v) is 13.8. The molecule has 0 aromatic heterocycles. The SMILES string of the molecule is CCCNC(c1ccc(OC)cc1)c1ccc(Br)cc1F. The summed E-state index contributed by atoms with van der Waals surface area (Å²) in [6.07, 6.45) is 0.991. The van der Waals surface area contributed by atoms with Crippen LogP contribution >= 0.6 is 15.9 Å². The minimum absolute atomic E-state index is 0.163. The second kappa shape index (κ2) is 7.57. The highest BCUT2D eigenvalue weighted by atomic mass is 79.9. The average Bonchev–Trinajstić information content (AvgIpc) is 2.50. The Morgan fingerprint density at radius 3 is 2.48 bits per heavy atom. The number of hydrogen-bond acceptors (Lipinski definition) is 2. The molecule has 0 aliphatic rings. The molecule has 1 N–H and O–H groups in total. The maximum absolute atomic E-state index is 14.3. The van der Waals surface area contributed by atoms with Crippen LogP contribution in [0.5, 0.6) is 5.75 Å². The van der Waals surface area contributed by atoms with Gasteiger partial charge in [-0.2, -0.15) is 0 Å². The van der Waals surface area contributed by atoms with Gasteiger partial charge in [-0.1, -0.05) is 41.1 Å². The lowest BCUT2D eigenvalue weighted by Crippen LogP contribution is -2.24. The normalized spacial score (nSPS) is 12.2. The summed E-state index contributed by atoms with van der Waals surface area (Å²) in [5.74, 6) is 0.582. The summed E-state index contributed by atoms with van der Waals surface area (Å²) in [6, 6.07) is 12.7. The Labute approximate surface area is 133 Å². The van der Waals surface area contributed by atoms with Gasteiger partial charge in [0.1, 0.15) is 11.6 Å². The number of methoxy groups -OCH3 is 1. The number of benzene rings is 2. The van der Waals surface area contributed by atoms with Crippen molar-refractivity contribution in [3.63, 3.8) is 0 Å². The van der Waals surface area contributed by atoms with Gasteiger partial charge >= 0.3 is 0 Å². The van der Waals surface area contributed by atoms with Crippen molar-refractivity contribution in [2.24, 2.45) is 0 Å². The van der Waals surface area contributed by atoms with Crippen molar-refractivity contribution in [1.29, 1.82) is 0 Å². The zero-order chi connectivity index (χ0) is 15.2. The van der Waals surface area contributed by atoms with E-state index in [1.807, 2.05) is 36.4 Å². The molecule has 0 fully saturated rings. The van der Waals surface area contributed by atoms with E-state index in [2.05, 4.69) is 28.2 Å². The predicted octanol–water partition coefficient (Wildman–Crippen LogP) is 4.69. The van der Waals surface area contributed by atoms with Gasteiger partial charge in [-0.3, -0.25) is 0 Å². The molecule has 0 amide bonds. The summed E-state index contributed by atoms with van der Waals surface area (Å²) in [4.78, 5) is 0. The lowest BCUT2D eigenvalue weighted by Gasteiger charge is -2.20. The Balaban J connectivity index is 2.36. The summed E-state index contributed by atoms with van der Waals surface area (Å²) in [5, 5.41) is 3.40. The fourth-order valence-electron chi connectivity index (χ4n) is 2.23. The predicted molar refractivity (Wildman–Crippen MR) is 87.2 cm³/mol. The lowest BCUT2D eigenvalue weighted by atomic mass is 9.98. The van der Waals surface area contributed by atoms with E-state index in [9.17, 15) is 4.39 Å². The van der Waals surface area contributed by atoms with E-state index in [-0.39, 0.29) is 11.9 Å². The van der Waals surface area contributed by atoms with E-state index in [0.717, 1.165) is 28.8 Å². The highest BCUT2D eigenvalue weighted by Crippen LogP contribution is 2.27. The molecule has 2 aromatic rings. The number of ether oxygens (including phenoxy) is 1. The first-order chi connectivity index (χ1) is 10.2. The maximum atomic E-state index is 14.3. The maximum Gasteiger partial charge on any atom is 0.129 e. The molecule has 2 nitrogen and oxygen atoms in total. The van der Waals surface area contributed by atoms with Gasteiger partial charge in [-0.25, -0.2) is 4.39 Å². The van der Waals surface area contributed by atoms with E-state index in [1.165, 1.54) is 6.07 Å². The minimum Gasteiger partial charge on any atom is -0.497 e. The third-order valence-electron chi connectivity index (χ3n) is 3.32. The number of nitrogens with one attached hydrogen (secondary N) is 1. The molecule has 2 aromatic carbocycles. The van der Waals surface area contributed by atoms with Gasteiger partial charge < -0.3 is 10.1 Å². The third kappa shape index (κ3) is 4.05. The van der Waals surface area contributed by atoms with Crippen molar-refractivity contribution in [3.05, 3.63) is 63.9 Å². The molecular formula is C17H19BrFNO. The van der Waals surface area contributed by atoms with Crippen LogP contribution in [0.1, 0.15) is 30.5 Å². The summed E-state index contributed by atoms with van der Waals surface area (Å²) in [5.41, 5.74) is 1.67. The Kier molecular flexibility index (Phi) is 5.76. The molecule has 4 heteroatoms. The van der Waals surface area contributed by atoms with Crippen LogP contribution in [-0.2, 0) is 0 Å². The van der Waals surface area contributed by atoms with Gasteiger partial charge in [-0.05, 0) is 42.8 Å². The van der Waals surface area contributed by atoms with E-state index in [0.29, 0.717) is 5.56 Å². The van der Waals surface area contributed by atoms with Crippen molar-refractivity contribution >= 4 is 15.9 Å². The third-order valence-corrected chi connectivity index (χ3v) is 3.81. The highest BCUT2D eigenvalue weighted by Gasteiger charge is 2.17. The second-order valence-electron chi connectivity index (χ2n) is 4.83. The zero-order valence-electron chi connectivity index (χ0n) is 12.2. The molecule has 0 saturated carbocycles. The molecule has 112 valence electrons. The first-order valence-electron chi connectivity index (χ1n) is 6.98. The first-order valence-corrected chi connectivity index (χ1v) is 7.77. The monoisotopic (exact) mass is 351 g/mol. The van der Waals surface area contributed by atoms with Gasteiger partial charge in [0, 0.05) is 10.0 Å². The van der Waals surface area contributed by atoms with Crippen molar-refractivity contribution in [1.82, 2.24) is 5.32 Å². The molecule has 21 heavy (non-hydrogen) atoms. The summed E-state index contributed by atoms with van der Waals surface area (Å²) >= 11 is 3.30. The lowest BCUT2D eigenvalue weighted by molar-refractivity contribution is 0.414. The van der Waals surface area contributed by atoms with Gasteiger partial charge in [0.15, 0.2) is 0 Å². The second-order valence-corrected chi connectivity index (χ2v) is 5.74. The molecule has 0 bridgehead atoms. The molecule has 0 saturated heterocycles. The van der Waals surface area contributed by atoms with Crippen LogP contribution in [0.25, 0.3) is 0 Å². The standard InChI is InChI=1S/C17H19BrFNO/c1-3-10-20-17(12-4-7-14(21-2)8-5-12)15-9-6-13(18)11-16(15)19/h4-9,11,17,20H,3,10H2,1-2H3. The van der Waals surface area contributed by atoms with Crippen molar-refractivity contribution < 1.29 is 9.13 Å². The van der Waals surface area contributed by atoms with Crippen LogP contribution in [0.3, 0.4) is 0 Å². The molecule has 0 radical (unpaired) electrons. The number of hydrogen-bond donors (Lipinski definition) is 1. The van der Waals surface area contributed by atoms with Gasteiger partial charge in [0.25, 0.3) is 0 Å². The fourth-order valence-corrected chi connectivity index (χ4v) is 2.56. The quantitative estimate of drug-likeness (QED) is 0.815. The highest BCUT2D eigenvalue weighted by molar-refractivity contribution is 9.10. The summed E-state index contributed by atoms with van der Waals surface area (Å²) in [6.45, 7) is 2.92. The molecule has 0 spiro atoms. The van der Waals surface area contributed by atoms with Crippen molar-refractivity contribution in [2.75, 3.05) is 13.7 Å². The molecule has 1 atom stereocenters. The van der Waals surface area contributed by atoms with Gasteiger partial charge in [0.05, 0.1) is 13.2 Å². The smallest absolute Gasteiger partial charge is 0.129 e. The molecule has 0 heterocycles. The van der Waals surface area contributed by atoms with Crippen LogP contribution in [0.2, 0.25) is 0 Å². The number of rotatable bonds is 6. The van der Waals surface area contributed by atoms with Crippen LogP contribution in [0.4, 0.5) is 4.39 Å². The van der Waals surface area contributed by atoms with Crippen molar-refractivity contribution in [2.45, 2.75) is 19.4 Å². The Morgan fingerprint density at radius 2 is 1.90 bits per heavy atom. The minimum atomic E-state index is -0.214. The van der Waals surface area contributed by atoms with Crippen LogP contribution in [0.15, 0.2) is 46.9 Å². The van der Waals surface area contributed by atoms with E-state index >= 15 is 0 Å². The van der Waals surface area contributed by atoms with Crippen LogP contribution < -0.4 is 10.1 Å². The van der Waals surface area contributed by atoms with Crippen LogP contribution in [0, 0.1) is 5.82 Å². The molecule has 1 unspecified atom stereocenters. The summed E-state index contributed by atoms with van der Waals surface area (Å²) in [7, 11) is 1.64. The molecule has 2 rings (SSSR count). The van der Waals surface area contributed by atoms with E-state index in [1.54, 1.807) is 7.11 Å². The Hall–Kier alpha value is -1.39. The average molecular weight is 352 g/mol. The number of halogens is 2. The summed E-state index contributed by atoms with van der Waals surface area (Å²) < 4.78 is 20.2. The topological polar surface area (TPSA) is 21.3 Å². The van der Waals surface area contributed by atoms with E-state index in [4.69, 9.17) is 4.74 Å². The van der Waals surface area contributed by atoms with E-state index < -0.39 is 0 Å². The van der Waals surface area contributed by atoms with Gasteiger partial charge in [0.2, 0.25) is 0 Å². The largest absolute Gasteiger partial charge is 0.497 e. The van der Waals surface area contributed by atoms with Gasteiger partial charge in [-0.15, -0.1) is 0 Å². The Bertz CT molecular complexity index is 586. The fraction of sp³-hybridized carbons (Fsp3) is 0.294. The van der Waals surface area contributed by atoms with Crippen molar-refractivity contribution in [3.8, 4) is 5.75 Å². The van der Waals surface area contributed by atoms with Crippen LogP contribution in [-0.4, -0.2) is 13.7 Å².